The summed E-state index contributed by atoms with van der Waals surface area (Å²) in [6.07, 6.45) is -0.533. The molecule has 0 radical (unpaired) electrons. The van der Waals surface area contributed by atoms with E-state index < -0.39 is 25.4 Å². The van der Waals surface area contributed by atoms with E-state index in [0.29, 0.717) is 13.0 Å². The Kier molecular flexibility index (Phi) is 2.32. The van der Waals surface area contributed by atoms with Gasteiger partial charge in [-0.3, -0.25) is 4.79 Å². The maximum atomic E-state index is 11.8. The Hall–Kier alpha value is -0.715. The predicted molar refractivity (Wildman–Crippen MR) is 38.3 cm³/mol. The van der Waals surface area contributed by atoms with Gasteiger partial charge in [-0.1, -0.05) is 0 Å². The average molecular weight is 181 g/mol. The van der Waals surface area contributed by atoms with Gasteiger partial charge in [-0.2, -0.15) is 0 Å². The first-order valence-corrected chi connectivity index (χ1v) is 3.64. The number of primary amides is 1. The van der Waals surface area contributed by atoms with Crippen molar-refractivity contribution in [2.24, 2.45) is 5.73 Å². The van der Waals surface area contributed by atoms with Crippen LogP contribution in [0.5, 0.6) is 0 Å². The van der Waals surface area contributed by atoms with Gasteiger partial charge in [0, 0.05) is 0 Å². The van der Waals surface area contributed by atoms with Crippen LogP contribution in [0.15, 0.2) is 0 Å². The van der Waals surface area contributed by atoms with Crippen LogP contribution in [-0.2, 0) is 4.79 Å². The van der Waals surface area contributed by atoms with E-state index in [1.807, 2.05) is 0 Å². The quantitative estimate of drug-likeness (QED) is 0.619. The maximum absolute atomic E-state index is 11.8. The van der Waals surface area contributed by atoms with Crippen molar-refractivity contribution in [1.82, 2.24) is 4.90 Å². The lowest BCUT2D eigenvalue weighted by atomic mass is 9.87. The van der Waals surface area contributed by atoms with Gasteiger partial charge in [0.2, 0.25) is 5.91 Å². The number of rotatable bonds is 3. The molecule has 0 aromatic heterocycles. The molecule has 1 saturated heterocycles. The van der Waals surface area contributed by atoms with Gasteiger partial charge in [0.1, 0.15) is 0 Å². The fourth-order valence-electron chi connectivity index (χ4n) is 1.25. The third-order valence-electron chi connectivity index (χ3n) is 1.90. The molecule has 1 amide bonds. The second-order valence-electron chi connectivity index (χ2n) is 2.91. The number of hydrogen-bond donors (Lipinski definition) is 1. The van der Waals surface area contributed by atoms with Gasteiger partial charge >= 0.3 is 6.98 Å². The molecule has 0 aromatic carbocycles. The second-order valence-corrected chi connectivity index (χ2v) is 2.91. The molecule has 1 atom stereocenters. The van der Waals surface area contributed by atoms with Crippen LogP contribution in [0.4, 0.5) is 12.9 Å². The summed E-state index contributed by atoms with van der Waals surface area (Å²) in [5.74, 6) is -0.665. The number of amides is 1. The highest BCUT2D eigenvalue weighted by Gasteiger charge is 2.37. The molecule has 1 heterocycles. The standard InChI is InChI=1S/C5H9BF3N2O/c7-6(8,9)3-11-2-1-4(11)5(10)12/h4H,1-3H2,(H2,10,12)/q-1. The largest absolute Gasteiger partial charge is 0.492 e. The first-order chi connectivity index (χ1) is 5.40. The summed E-state index contributed by atoms with van der Waals surface area (Å²) in [6.45, 7) is -4.52. The van der Waals surface area contributed by atoms with Crippen molar-refractivity contribution in [3.63, 3.8) is 0 Å². The smallest absolute Gasteiger partial charge is 0.448 e. The Labute approximate surface area is 67.8 Å². The molecular weight excluding hydrogens is 172 g/mol. The van der Waals surface area contributed by atoms with E-state index in [0.717, 1.165) is 4.90 Å². The first kappa shape index (κ1) is 9.37. The molecule has 0 bridgehead atoms. The fourth-order valence-corrected chi connectivity index (χ4v) is 1.25. The maximum Gasteiger partial charge on any atom is 0.492 e. The summed E-state index contributed by atoms with van der Waals surface area (Å²) in [4.78, 5) is 11.6. The van der Waals surface area contributed by atoms with Crippen LogP contribution in [0.3, 0.4) is 0 Å². The van der Waals surface area contributed by atoms with E-state index in [-0.39, 0.29) is 0 Å². The number of carbonyl (C=O) groups is 1. The van der Waals surface area contributed by atoms with Gasteiger partial charge in [0.15, 0.2) is 0 Å². The Morgan fingerprint density at radius 3 is 2.42 bits per heavy atom. The third-order valence-corrected chi connectivity index (χ3v) is 1.90. The number of nitrogens with zero attached hydrogens (tertiary/aromatic N) is 1. The molecule has 12 heavy (non-hydrogen) atoms. The third kappa shape index (κ3) is 2.13. The molecule has 2 N–H and O–H groups in total. The molecule has 0 aliphatic carbocycles. The van der Waals surface area contributed by atoms with E-state index in [9.17, 15) is 17.7 Å². The van der Waals surface area contributed by atoms with E-state index in [1.54, 1.807) is 0 Å². The molecule has 0 saturated carbocycles. The summed E-state index contributed by atoms with van der Waals surface area (Å²) < 4.78 is 35.5. The van der Waals surface area contributed by atoms with Crippen LogP contribution in [0.1, 0.15) is 6.42 Å². The fraction of sp³-hybridized carbons (Fsp3) is 0.800. The summed E-state index contributed by atoms with van der Waals surface area (Å²) in [5.41, 5.74) is 4.87. The molecule has 1 rings (SSSR count). The topological polar surface area (TPSA) is 46.3 Å². The van der Waals surface area contributed by atoms with Crippen LogP contribution in [0.2, 0.25) is 0 Å². The number of hydrogen-bond acceptors (Lipinski definition) is 2. The van der Waals surface area contributed by atoms with Gasteiger partial charge in [0.05, 0.1) is 6.04 Å². The minimum atomic E-state index is -4.83. The van der Waals surface area contributed by atoms with Crippen molar-refractivity contribution < 1.29 is 17.7 Å². The lowest BCUT2D eigenvalue weighted by Gasteiger charge is -2.41. The molecule has 1 fully saturated rings. The van der Waals surface area contributed by atoms with Crippen molar-refractivity contribution >= 4 is 12.9 Å². The van der Waals surface area contributed by atoms with E-state index in [4.69, 9.17) is 5.73 Å². The predicted octanol–water partition coefficient (Wildman–Crippen LogP) is -0.0674. The van der Waals surface area contributed by atoms with Crippen LogP contribution < -0.4 is 5.73 Å². The molecule has 70 valence electrons. The summed E-state index contributed by atoms with van der Waals surface area (Å²) in [7, 11) is 0. The van der Waals surface area contributed by atoms with Crippen molar-refractivity contribution in [3.05, 3.63) is 0 Å². The second kappa shape index (κ2) is 2.97. The van der Waals surface area contributed by atoms with Gasteiger partial charge in [0.25, 0.3) is 0 Å². The monoisotopic (exact) mass is 181 g/mol. The summed E-state index contributed by atoms with van der Waals surface area (Å²) in [5, 5.41) is 0. The molecular formula is C5H9BF3N2O-. The molecule has 0 spiro atoms. The van der Waals surface area contributed by atoms with Crippen molar-refractivity contribution in [2.45, 2.75) is 12.5 Å². The number of halogens is 3. The zero-order chi connectivity index (χ0) is 9.35. The Morgan fingerprint density at radius 2 is 2.17 bits per heavy atom. The molecule has 7 heteroatoms. The zero-order valence-electron chi connectivity index (χ0n) is 6.34. The SMILES string of the molecule is NC(=O)C1CCN1C[B-](F)(F)F. The molecule has 1 aliphatic rings. The summed E-state index contributed by atoms with van der Waals surface area (Å²) >= 11 is 0. The van der Waals surface area contributed by atoms with E-state index >= 15 is 0 Å². The highest BCUT2D eigenvalue weighted by molar-refractivity contribution is 6.58. The van der Waals surface area contributed by atoms with Crippen LogP contribution in [0.25, 0.3) is 0 Å². The number of likely N-dealkylation sites (tertiary alicyclic amines) is 1. The van der Waals surface area contributed by atoms with Gasteiger partial charge in [-0.05, 0) is 19.4 Å². The van der Waals surface area contributed by atoms with Crippen molar-refractivity contribution in [3.8, 4) is 0 Å². The van der Waals surface area contributed by atoms with E-state index in [1.165, 1.54) is 0 Å². The van der Waals surface area contributed by atoms with Gasteiger partial charge in [-0.25, -0.2) is 0 Å². The van der Waals surface area contributed by atoms with E-state index in [2.05, 4.69) is 0 Å². The highest BCUT2D eigenvalue weighted by Crippen LogP contribution is 2.21. The lowest BCUT2D eigenvalue weighted by Crippen LogP contribution is -2.58. The van der Waals surface area contributed by atoms with Crippen molar-refractivity contribution in [2.75, 3.05) is 13.0 Å². The number of nitrogens with two attached hydrogens (primary N) is 1. The molecule has 0 aromatic rings. The van der Waals surface area contributed by atoms with Gasteiger partial charge in [-0.15, -0.1) is 0 Å². The number of carbonyl (C=O) groups excluding carboxylic acids is 1. The molecule has 1 unspecified atom stereocenters. The minimum Gasteiger partial charge on any atom is -0.448 e. The lowest BCUT2D eigenvalue weighted by molar-refractivity contribution is -0.126. The van der Waals surface area contributed by atoms with Crippen LogP contribution in [-0.4, -0.2) is 36.8 Å². The first-order valence-electron chi connectivity index (χ1n) is 3.64. The Bertz CT molecular complexity index is 196. The molecule has 3 nitrogen and oxygen atoms in total. The van der Waals surface area contributed by atoms with Crippen LogP contribution >= 0.6 is 0 Å². The zero-order valence-corrected chi connectivity index (χ0v) is 6.34. The summed E-state index contributed by atoms with van der Waals surface area (Å²) in [6, 6.07) is -0.700. The normalized spacial score (nSPS) is 25.1. The van der Waals surface area contributed by atoms with Crippen molar-refractivity contribution in [1.29, 1.82) is 0 Å². The highest BCUT2D eigenvalue weighted by atomic mass is 19.4. The van der Waals surface area contributed by atoms with Crippen LogP contribution in [0, 0.1) is 0 Å². The van der Waals surface area contributed by atoms with Gasteiger partial charge < -0.3 is 23.6 Å². The molecule has 1 aliphatic heterocycles. The average Bonchev–Trinajstić information content (AvgIpc) is 1.77. The minimum absolute atomic E-state index is 0.314. The Balaban J connectivity index is 2.40. The Morgan fingerprint density at radius 1 is 1.58 bits per heavy atom.